The zero-order valence-electron chi connectivity index (χ0n) is 10.2. The van der Waals surface area contributed by atoms with Crippen molar-refractivity contribution < 1.29 is 9.47 Å². The fraction of sp³-hybridized carbons (Fsp3) is 0.200. The van der Waals surface area contributed by atoms with Crippen molar-refractivity contribution in [1.29, 1.82) is 0 Å². The van der Waals surface area contributed by atoms with Crippen LogP contribution in [0, 0.1) is 0 Å². The monoisotopic (exact) mass is 258 g/mol. The highest BCUT2D eigenvalue weighted by Gasteiger charge is 2.17. The second kappa shape index (κ2) is 4.94. The van der Waals surface area contributed by atoms with E-state index in [1.54, 1.807) is 11.8 Å². The Bertz CT molecular complexity index is 566. The maximum atomic E-state index is 5.90. The first-order valence-corrected chi connectivity index (χ1v) is 6.90. The number of hydrogen-bond donors (Lipinski definition) is 0. The minimum atomic E-state index is 0.739. The smallest absolute Gasteiger partial charge is 0.145 e. The van der Waals surface area contributed by atoms with Gasteiger partial charge in [-0.2, -0.15) is 0 Å². The Hall–Kier alpha value is -1.61. The van der Waals surface area contributed by atoms with Crippen molar-refractivity contribution in [3.63, 3.8) is 0 Å². The number of benzene rings is 2. The van der Waals surface area contributed by atoms with Crippen LogP contribution in [0.15, 0.2) is 52.3 Å². The highest BCUT2D eigenvalue weighted by Crippen LogP contribution is 2.47. The van der Waals surface area contributed by atoms with Crippen molar-refractivity contribution >= 4 is 11.8 Å². The van der Waals surface area contributed by atoms with Crippen LogP contribution < -0.4 is 9.47 Å². The van der Waals surface area contributed by atoms with Gasteiger partial charge >= 0.3 is 0 Å². The number of rotatable bonds is 3. The Labute approximate surface area is 111 Å². The molecule has 0 spiro atoms. The molecule has 3 heteroatoms. The summed E-state index contributed by atoms with van der Waals surface area (Å²) in [4.78, 5) is 2.30. The molecule has 0 aliphatic carbocycles. The topological polar surface area (TPSA) is 18.5 Å². The van der Waals surface area contributed by atoms with E-state index in [9.17, 15) is 0 Å². The quantitative estimate of drug-likeness (QED) is 0.676. The third-order valence-electron chi connectivity index (χ3n) is 2.68. The Morgan fingerprint density at radius 1 is 1.06 bits per heavy atom. The number of fused-ring (bicyclic) bond motifs is 2. The molecule has 0 amide bonds. The van der Waals surface area contributed by atoms with Crippen LogP contribution in [0.1, 0.15) is 13.3 Å². The van der Waals surface area contributed by atoms with E-state index in [0.717, 1.165) is 40.1 Å². The summed E-state index contributed by atoms with van der Waals surface area (Å²) in [6.07, 6.45) is 1.01. The first-order chi connectivity index (χ1) is 8.86. The zero-order chi connectivity index (χ0) is 12.4. The highest BCUT2D eigenvalue weighted by molar-refractivity contribution is 7.99. The molecule has 0 saturated heterocycles. The largest absolute Gasteiger partial charge is 0.493 e. The standard InChI is InChI=1S/C15H14O2S/c1-2-9-16-11-7-8-15-13(10-11)17-12-5-3-4-6-14(12)18-15/h3-8,10H,2,9H2,1H3. The SMILES string of the molecule is CCCOc1ccc2c(c1)Oc1ccccc1S2. The second-order valence-electron chi connectivity index (χ2n) is 4.11. The van der Waals surface area contributed by atoms with Gasteiger partial charge < -0.3 is 9.47 Å². The van der Waals surface area contributed by atoms with Crippen LogP contribution >= 0.6 is 11.8 Å². The van der Waals surface area contributed by atoms with Crippen LogP contribution in [0.25, 0.3) is 0 Å². The minimum absolute atomic E-state index is 0.739. The predicted molar refractivity (Wildman–Crippen MR) is 72.9 cm³/mol. The lowest BCUT2D eigenvalue weighted by molar-refractivity contribution is 0.315. The molecular formula is C15H14O2S. The van der Waals surface area contributed by atoms with Crippen LogP contribution in [0.3, 0.4) is 0 Å². The van der Waals surface area contributed by atoms with E-state index in [2.05, 4.69) is 19.1 Å². The van der Waals surface area contributed by atoms with E-state index in [1.807, 2.05) is 30.3 Å². The summed E-state index contributed by atoms with van der Waals surface area (Å²) in [5.41, 5.74) is 0. The molecule has 2 aromatic rings. The maximum Gasteiger partial charge on any atom is 0.145 e. The van der Waals surface area contributed by atoms with Gasteiger partial charge in [-0.15, -0.1) is 0 Å². The van der Waals surface area contributed by atoms with Crippen molar-refractivity contribution in [2.75, 3.05) is 6.61 Å². The van der Waals surface area contributed by atoms with Gasteiger partial charge in [0.05, 0.1) is 16.4 Å². The van der Waals surface area contributed by atoms with Gasteiger partial charge in [-0.05, 0) is 30.7 Å². The molecule has 0 atom stereocenters. The molecule has 0 radical (unpaired) electrons. The second-order valence-corrected chi connectivity index (χ2v) is 5.19. The molecular weight excluding hydrogens is 244 g/mol. The van der Waals surface area contributed by atoms with Crippen LogP contribution in [-0.2, 0) is 0 Å². The summed E-state index contributed by atoms with van der Waals surface area (Å²) in [5.74, 6) is 2.67. The van der Waals surface area contributed by atoms with Gasteiger partial charge in [-0.25, -0.2) is 0 Å². The molecule has 1 aliphatic rings. The molecule has 0 aromatic heterocycles. The van der Waals surface area contributed by atoms with Gasteiger partial charge in [0, 0.05) is 6.07 Å². The average Bonchev–Trinajstić information content (AvgIpc) is 2.42. The molecule has 92 valence electrons. The Morgan fingerprint density at radius 2 is 1.89 bits per heavy atom. The summed E-state index contributed by atoms with van der Waals surface area (Å²) in [5, 5.41) is 0. The summed E-state index contributed by atoms with van der Waals surface area (Å²) in [6, 6.07) is 14.1. The Kier molecular flexibility index (Phi) is 3.15. The van der Waals surface area contributed by atoms with Crippen molar-refractivity contribution in [3.05, 3.63) is 42.5 Å². The van der Waals surface area contributed by atoms with E-state index < -0.39 is 0 Å². The maximum absolute atomic E-state index is 5.90. The lowest BCUT2D eigenvalue weighted by Gasteiger charge is -2.19. The Balaban J connectivity index is 1.89. The first-order valence-electron chi connectivity index (χ1n) is 6.08. The van der Waals surface area contributed by atoms with Gasteiger partial charge in [-0.1, -0.05) is 30.8 Å². The molecule has 0 unspecified atom stereocenters. The minimum Gasteiger partial charge on any atom is -0.493 e. The van der Waals surface area contributed by atoms with Crippen LogP contribution in [0.2, 0.25) is 0 Å². The molecule has 1 heterocycles. The third-order valence-corrected chi connectivity index (χ3v) is 3.79. The molecule has 0 fully saturated rings. The van der Waals surface area contributed by atoms with Gasteiger partial charge in [0.15, 0.2) is 0 Å². The molecule has 0 saturated carbocycles. The molecule has 2 aromatic carbocycles. The van der Waals surface area contributed by atoms with Crippen molar-refractivity contribution in [2.24, 2.45) is 0 Å². The van der Waals surface area contributed by atoms with Crippen molar-refractivity contribution in [3.8, 4) is 17.2 Å². The number of hydrogen-bond acceptors (Lipinski definition) is 3. The number of para-hydroxylation sites is 1. The molecule has 0 N–H and O–H groups in total. The summed E-state index contributed by atoms with van der Waals surface area (Å²) >= 11 is 1.73. The van der Waals surface area contributed by atoms with Crippen LogP contribution in [0.5, 0.6) is 17.2 Å². The fourth-order valence-electron chi connectivity index (χ4n) is 1.82. The molecule has 3 rings (SSSR count). The number of ether oxygens (including phenoxy) is 2. The van der Waals surface area contributed by atoms with Gasteiger partial charge in [0.1, 0.15) is 17.2 Å². The van der Waals surface area contributed by atoms with E-state index in [1.165, 1.54) is 0 Å². The predicted octanol–water partition coefficient (Wildman–Crippen LogP) is 4.73. The third kappa shape index (κ3) is 2.18. The zero-order valence-corrected chi connectivity index (χ0v) is 11.0. The lowest BCUT2D eigenvalue weighted by Crippen LogP contribution is -1.98. The van der Waals surface area contributed by atoms with Crippen LogP contribution in [0.4, 0.5) is 0 Å². The first kappa shape index (κ1) is 11.5. The normalized spacial score (nSPS) is 12.3. The summed E-state index contributed by atoms with van der Waals surface area (Å²) < 4.78 is 11.5. The molecule has 18 heavy (non-hydrogen) atoms. The Morgan fingerprint density at radius 3 is 2.78 bits per heavy atom. The van der Waals surface area contributed by atoms with Gasteiger partial charge in [0.2, 0.25) is 0 Å². The van der Waals surface area contributed by atoms with E-state index in [0.29, 0.717) is 0 Å². The molecule has 2 nitrogen and oxygen atoms in total. The van der Waals surface area contributed by atoms with Crippen LogP contribution in [-0.4, -0.2) is 6.61 Å². The molecule has 1 aliphatic heterocycles. The van der Waals surface area contributed by atoms with Crippen molar-refractivity contribution in [1.82, 2.24) is 0 Å². The summed E-state index contributed by atoms with van der Waals surface area (Å²) in [6.45, 7) is 2.84. The van der Waals surface area contributed by atoms with Gasteiger partial charge in [-0.3, -0.25) is 0 Å². The average molecular weight is 258 g/mol. The highest BCUT2D eigenvalue weighted by atomic mass is 32.2. The van der Waals surface area contributed by atoms with E-state index in [4.69, 9.17) is 9.47 Å². The lowest BCUT2D eigenvalue weighted by atomic mass is 10.3. The summed E-state index contributed by atoms with van der Waals surface area (Å²) in [7, 11) is 0. The van der Waals surface area contributed by atoms with E-state index >= 15 is 0 Å². The van der Waals surface area contributed by atoms with Crippen molar-refractivity contribution in [2.45, 2.75) is 23.1 Å². The molecule has 0 bridgehead atoms. The van der Waals surface area contributed by atoms with Gasteiger partial charge in [0.25, 0.3) is 0 Å². The fourth-order valence-corrected chi connectivity index (χ4v) is 2.75. The van der Waals surface area contributed by atoms with E-state index in [-0.39, 0.29) is 0 Å².